The van der Waals surface area contributed by atoms with Crippen molar-refractivity contribution in [3.05, 3.63) is 46.8 Å². The number of rotatable bonds is 9. The molecule has 2 aliphatic heterocycles. The molecular weight excluding hydrogens is 791 g/mol. The van der Waals surface area contributed by atoms with Crippen molar-refractivity contribution in [1.29, 1.82) is 0 Å². The number of hydrogen-bond donors (Lipinski definition) is 3. The van der Waals surface area contributed by atoms with Crippen LogP contribution in [0.15, 0.2) is 41.2 Å². The van der Waals surface area contributed by atoms with Crippen LogP contribution in [0.25, 0.3) is 10.8 Å². The number of aromatic nitrogens is 2. The van der Waals surface area contributed by atoms with Crippen molar-refractivity contribution in [2.24, 2.45) is 17.8 Å². The Morgan fingerprint density at radius 1 is 1.08 bits per heavy atom. The van der Waals surface area contributed by atoms with Gasteiger partial charge in [0.05, 0.1) is 28.1 Å². The van der Waals surface area contributed by atoms with E-state index in [1.54, 1.807) is 51.1 Å². The fourth-order valence-electron chi connectivity index (χ4n) is 8.43. The van der Waals surface area contributed by atoms with Crippen LogP contribution >= 0.6 is 0 Å². The van der Waals surface area contributed by atoms with Crippen molar-refractivity contribution in [3.63, 3.8) is 0 Å². The maximum absolute atomic E-state index is 15.4. The highest BCUT2D eigenvalue weighted by atomic mass is 32.2. The highest BCUT2D eigenvalue weighted by Crippen LogP contribution is 2.48. The number of fused-ring (bicyclic) bond motifs is 3. The lowest BCUT2D eigenvalue weighted by molar-refractivity contribution is -0.156. The second kappa shape index (κ2) is 15.4. The molecule has 4 aliphatic rings. The number of sulfonamides is 1. The molecule has 6 rings (SSSR count). The zero-order valence-corrected chi connectivity index (χ0v) is 35.6. The highest BCUT2D eigenvalue weighted by molar-refractivity contribution is 7.91. The molecule has 59 heavy (non-hydrogen) atoms. The third-order valence-electron chi connectivity index (χ3n) is 12.9. The molecule has 15 nitrogen and oxygen atoms in total. The molecule has 1 saturated heterocycles. The van der Waals surface area contributed by atoms with Crippen molar-refractivity contribution in [1.82, 2.24) is 29.6 Å². The van der Waals surface area contributed by atoms with Crippen LogP contribution in [0.1, 0.15) is 106 Å². The number of alkyl halides is 2. The molecule has 7 atom stereocenters. The summed E-state index contributed by atoms with van der Waals surface area (Å²) in [4.78, 5) is 71.9. The summed E-state index contributed by atoms with van der Waals surface area (Å²) in [6, 6.07) is 3.15. The number of hydrogen-bond acceptors (Lipinski definition) is 9. The molecule has 0 unspecified atom stereocenters. The monoisotopic (exact) mass is 846 g/mol. The Labute approximate surface area is 342 Å². The molecule has 324 valence electrons. The van der Waals surface area contributed by atoms with Crippen molar-refractivity contribution in [2.45, 2.75) is 146 Å². The Morgan fingerprint density at radius 3 is 2.32 bits per heavy atom. The average molecular weight is 847 g/mol. The highest BCUT2D eigenvalue weighted by Gasteiger charge is 2.63. The largest absolute Gasteiger partial charge is 0.471 e. The zero-order chi connectivity index (χ0) is 43.6. The van der Waals surface area contributed by atoms with Crippen molar-refractivity contribution < 1.29 is 46.2 Å². The summed E-state index contributed by atoms with van der Waals surface area (Å²) in [7, 11) is -4.11. The average Bonchev–Trinajstić information content (AvgIpc) is 4.02. The molecule has 2 saturated carbocycles. The van der Waals surface area contributed by atoms with E-state index >= 15 is 13.6 Å². The van der Waals surface area contributed by atoms with Crippen LogP contribution in [0.3, 0.4) is 0 Å². The minimum atomic E-state index is -4.11. The molecule has 2 aliphatic carbocycles. The van der Waals surface area contributed by atoms with E-state index in [4.69, 9.17) is 4.74 Å². The van der Waals surface area contributed by atoms with Gasteiger partial charge in [-0.3, -0.25) is 28.8 Å². The van der Waals surface area contributed by atoms with Gasteiger partial charge in [0.1, 0.15) is 29.3 Å². The summed E-state index contributed by atoms with van der Waals surface area (Å²) in [6.07, 6.45) is 2.80. The number of amides is 4. The number of ether oxygens (including phenoxy) is 1. The van der Waals surface area contributed by atoms with Crippen molar-refractivity contribution in [2.75, 3.05) is 6.54 Å². The number of carbonyl (C=O) groups is 4. The normalized spacial score (nSPS) is 29.4. The topological polar surface area (TPSA) is 197 Å². The van der Waals surface area contributed by atoms with Crippen LogP contribution in [0.5, 0.6) is 5.88 Å². The Bertz CT molecular complexity index is 2220. The van der Waals surface area contributed by atoms with E-state index in [0.717, 1.165) is 18.7 Å². The van der Waals surface area contributed by atoms with Crippen LogP contribution in [0.2, 0.25) is 0 Å². The van der Waals surface area contributed by atoms with Gasteiger partial charge < -0.3 is 20.1 Å². The first-order valence-corrected chi connectivity index (χ1v) is 21.8. The number of halogens is 2. The lowest BCUT2D eigenvalue weighted by Crippen LogP contribution is -2.66. The summed E-state index contributed by atoms with van der Waals surface area (Å²) in [5.74, 6) is -7.76. The maximum atomic E-state index is 15.4. The van der Waals surface area contributed by atoms with Crippen LogP contribution < -0.4 is 20.3 Å². The van der Waals surface area contributed by atoms with Gasteiger partial charge in [0, 0.05) is 19.3 Å². The van der Waals surface area contributed by atoms with Gasteiger partial charge >= 0.3 is 6.09 Å². The SMILES string of the molecule is CC(C)n1nc(O[C@@H]2C[C@H]3C(=O)N[C@]4(C(=O)NS(=O)(=O)C5(C)CC5)C[C@H]4/C=C\CC[C@H](C)C[C@@H](C)[C@H](N(C(=O)O)C(C)(C)C(C)(F)F)C(=O)N3C2)c2ccccc2c1=O. The van der Waals surface area contributed by atoms with E-state index in [-0.39, 0.29) is 49.2 Å². The quantitative estimate of drug-likeness (QED) is 0.289. The predicted octanol–water partition coefficient (Wildman–Crippen LogP) is 4.99. The Morgan fingerprint density at radius 2 is 1.73 bits per heavy atom. The van der Waals surface area contributed by atoms with Gasteiger partial charge in [-0.2, -0.15) is 0 Å². The van der Waals surface area contributed by atoms with Gasteiger partial charge in [-0.05, 0) is 97.1 Å². The molecule has 1 aromatic carbocycles. The molecule has 0 radical (unpaired) electrons. The number of nitrogens with zero attached hydrogens (tertiary/aromatic N) is 4. The van der Waals surface area contributed by atoms with Crippen molar-refractivity contribution in [3.8, 4) is 5.88 Å². The van der Waals surface area contributed by atoms with Crippen LogP contribution in [0, 0.1) is 17.8 Å². The smallest absolute Gasteiger partial charge is 0.408 e. The predicted molar refractivity (Wildman–Crippen MR) is 214 cm³/mol. The minimum Gasteiger partial charge on any atom is -0.471 e. The summed E-state index contributed by atoms with van der Waals surface area (Å²) < 4.78 is 66.0. The van der Waals surface area contributed by atoms with Crippen molar-refractivity contribution >= 4 is 44.6 Å². The van der Waals surface area contributed by atoms with Gasteiger partial charge in [0.25, 0.3) is 17.4 Å². The number of benzene rings is 1. The fourth-order valence-corrected chi connectivity index (χ4v) is 9.74. The fraction of sp³-hybridized carbons (Fsp3) is 0.659. The van der Waals surface area contributed by atoms with Gasteiger partial charge in [0.2, 0.25) is 27.7 Å². The van der Waals surface area contributed by atoms with Gasteiger partial charge in [0.15, 0.2) is 0 Å². The first kappa shape index (κ1) is 44.0. The van der Waals surface area contributed by atoms with E-state index in [2.05, 4.69) is 15.1 Å². The van der Waals surface area contributed by atoms with E-state index in [1.807, 2.05) is 13.0 Å². The third-order valence-corrected chi connectivity index (χ3v) is 15.1. The Hall–Kier alpha value is -4.61. The van der Waals surface area contributed by atoms with Gasteiger partial charge in [-0.1, -0.05) is 38.1 Å². The number of allylic oxidation sites excluding steroid dienone is 1. The second-order valence-corrected chi connectivity index (χ2v) is 20.4. The van der Waals surface area contributed by atoms with E-state index in [0.29, 0.717) is 48.3 Å². The minimum absolute atomic E-state index is 0.0363. The summed E-state index contributed by atoms with van der Waals surface area (Å²) in [5, 5.41) is 18.6. The zero-order valence-electron chi connectivity index (χ0n) is 34.8. The molecule has 1 aromatic heterocycles. The maximum Gasteiger partial charge on any atom is 0.408 e. The lowest BCUT2D eigenvalue weighted by atomic mass is 9.84. The van der Waals surface area contributed by atoms with E-state index in [9.17, 15) is 32.7 Å². The Kier molecular flexibility index (Phi) is 11.5. The van der Waals surface area contributed by atoms with Gasteiger partial charge in [-0.15, -0.1) is 5.10 Å². The summed E-state index contributed by atoms with van der Waals surface area (Å²) in [6.45, 7) is 11.0. The van der Waals surface area contributed by atoms with E-state index < -0.39 is 85.6 Å². The first-order chi connectivity index (χ1) is 27.3. The summed E-state index contributed by atoms with van der Waals surface area (Å²) >= 11 is 0. The molecule has 2 aromatic rings. The molecule has 0 spiro atoms. The first-order valence-electron chi connectivity index (χ1n) is 20.3. The number of carbonyl (C=O) groups excluding carboxylic acids is 3. The molecule has 3 heterocycles. The molecule has 4 amide bonds. The molecule has 3 N–H and O–H groups in total. The number of nitrogens with one attached hydrogen (secondary N) is 2. The van der Waals surface area contributed by atoms with Gasteiger partial charge in [-0.25, -0.2) is 26.7 Å². The molecular formula is C41H56F2N6O9S. The standard InChI is InChI=1S/C41H56F2N6O9S/c1-23(2)49-34(51)29-16-12-11-15-28(29)33(45-49)58-27-20-30-32(50)44-41(36(53)46-59(56,57)39(7)17-18-39)21-26(41)14-10-9-13-24(3)19-25(4)31(35(52)47(30)22-27)48(37(54)55)38(5,6)40(8,42)43/h10-12,14-16,23-27,30-31H,9,13,17-22H2,1-8H3,(H,44,50)(H,46,53)(H,54,55)/b14-10-/t24-,25+,26+,27+,30-,31-,41+/m0/s1. The van der Waals surface area contributed by atoms with Crippen LogP contribution in [0.4, 0.5) is 13.6 Å². The van der Waals surface area contributed by atoms with Crippen LogP contribution in [-0.2, 0) is 24.4 Å². The summed E-state index contributed by atoms with van der Waals surface area (Å²) in [5.41, 5.74) is -4.45. The third kappa shape index (κ3) is 8.17. The molecule has 18 heteroatoms. The van der Waals surface area contributed by atoms with Crippen LogP contribution in [-0.4, -0.2) is 103 Å². The Balaban J connectivity index is 1.45. The second-order valence-electron chi connectivity index (χ2n) is 18.2. The molecule has 0 bridgehead atoms. The lowest BCUT2D eigenvalue weighted by Gasteiger charge is -2.47. The van der Waals surface area contributed by atoms with E-state index in [1.165, 1.54) is 11.6 Å². The number of carboxylic acid groups (broad SMARTS) is 1. The molecule has 3 fully saturated rings.